The number of carbonyl (C=O) groups is 2. The van der Waals surface area contributed by atoms with Gasteiger partial charge in [-0.05, 0) is 0 Å². The predicted octanol–water partition coefficient (Wildman–Crippen LogP) is -0.712. The molecule has 1 aliphatic heterocycles. The molecule has 0 atom stereocenters. The fraction of sp³-hybridized carbons (Fsp3) is 0.444. The van der Waals surface area contributed by atoms with Crippen LogP contribution in [-0.4, -0.2) is 34.8 Å². The van der Waals surface area contributed by atoms with E-state index in [1.807, 2.05) is 0 Å². The fourth-order valence-corrected chi connectivity index (χ4v) is 1.53. The number of anilines is 1. The Hall–Kier alpha value is -1.89. The van der Waals surface area contributed by atoms with Crippen molar-refractivity contribution in [1.82, 2.24) is 15.1 Å². The summed E-state index contributed by atoms with van der Waals surface area (Å²) in [5.41, 5.74) is 5.40. The lowest BCUT2D eigenvalue weighted by atomic mass is 10.3. The van der Waals surface area contributed by atoms with Gasteiger partial charge in [-0.3, -0.25) is 19.7 Å². The van der Waals surface area contributed by atoms with Crippen molar-refractivity contribution < 1.29 is 9.59 Å². The van der Waals surface area contributed by atoms with Crippen LogP contribution in [0.15, 0.2) is 12.3 Å². The van der Waals surface area contributed by atoms with Crippen LogP contribution in [0.5, 0.6) is 0 Å². The molecule has 0 spiro atoms. The monoisotopic (exact) mass is 223 g/mol. The van der Waals surface area contributed by atoms with Gasteiger partial charge < -0.3 is 5.73 Å². The number of carbonyl (C=O) groups excluding carboxylic acids is 2. The van der Waals surface area contributed by atoms with E-state index >= 15 is 0 Å². The van der Waals surface area contributed by atoms with Crippen molar-refractivity contribution in [2.24, 2.45) is 5.73 Å². The molecule has 2 heterocycles. The second-order valence-electron chi connectivity index (χ2n) is 3.48. The minimum Gasteiger partial charge on any atom is -0.329 e. The van der Waals surface area contributed by atoms with Gasteiger partial charge in [0, 0.05) is 31.8 Å². The van der Waals surface area contributed by atoms with Gasteiger partial charge in [-0.1, -0.05) is 0 Å². The molecule has 0 saturated carbocycles. The van der Waals surface area contributed by atoms with Crippen LogP contribution in [0, 0.1) is 0 Å². The quantitative estimate of drug-likeness (QED) is 0.707. The van der Waals surface area contributed by atoms with E-state index in [9.17, 15) is 9.59 Å². The topological polar surface area (TPSA) is 93.2 Å². The number of aromatic nitrogens is 2. The van der Waals surface area contributed by atoms with Crippen LogP contribution in [-0.2, 0) is 11.3 Å². The number of rotatable bonds is 3. The summed E-state index contributed by atoms with van der Waals surface area (Å²) >= 11 is 0. The van der Waals surface area contributed by atoms with E-state index in [2.05, 4.69) is 10.4 Å². The molecule has 0 unspecified atom stereocenters. The standard InChI is InChI=1S/C9H13N5O2/c10-3-6-13-4-1-7(12-13)14-5-2-8(15)11-9(14)16/h1,4H,2-3,5-6,10H2,(H,11,15,16). The molecule has 0 aliphatic carbocycles. The number of hydrogen-bond donors (Lipinski definition) is 2. The first-order chi connectivity index (χ1) is 7.70. The average Bonchev–Trinajstić information content (AvgIpc) is 2.67. The van der Waals surface area contributed by atoms with Gasteiger partial charge in [0.05, 0.1) is 6.54 Å². The van der Waals surface area contributed by atoms with Gasteiger partial charge >= 0.3 is 6.03 Å². The zero-order valence-corrected chi connectivity index (χ0v) is 8.72. The maximum absolute atomic E-state index is 11.5. The lowest BCUT2D eigenvalue weighted by molar-refractivity contribution is -0.120. The molecule has 0 bridgehead atoms. The summed E-state index contributed by atoms with van der Waals surface area (Å²) in [5, 5.41) is 6.43. The molecule has 0 aromatic carbocycles. The smallest absolute Gasteiger partial charge is 0.329 e. The van der Waals surface area contributed by atoms with E-state index in [0.717, 1.165) is 0 Å². The summed E-state index contributed by atoms with van der Waals surface area (Å²) in [7, 11) is 0. The molecular formula is C9H13N5O2. The molecule has 3 N–H and O–H groups in total. The molecule has 1 fully saturated rings. The Bertz CT molecular complexity index is 414. The molecule has 1 aromatic heterocycles. The van der Waals surface area contributed by atoms with Crippen LogP contribution in [0.25, 0.3) is 0 Å². The Morgan fingerprint density at radius 2 is 2.31 bits per heavy atom. The highest BCUT2D eigenvalue weighted by molar-refractivity contribution is 6.05. The number of hydrogen-bond acceptors (Lipinski definition) is 4. The highest BCUT2D eigenvalue weighted by Crippen LogP contribution is 2.13. The first-order valence-corrected chi connectivity index (χ1v) is 5.05. The molecule has 86 valence electrons. The molecule has 7 nitrogen and oxygen atoms in total. The molecule has 1 saturated heterocycles. The third kappa shape index (κ3) is 2.03. The first-order valence-electron chi connectivity index (χ1n) is 5.05. The average molecular weight is 223 g/mol. The molecular weight excluding hydrogens is 210 g/mol. The Balaban J connectivity index is 2.11. The molecule has 0 radical (unpaired) electrons. The maximum atomic E-state index is 11.5. The van der Waals surface area contributed by atoms with Crippen LogP contribution in [0.1, 0.15) is 6.42 Å². The zero-order valence-electron chi connectivity index (χ0n) is 8.72. The van der Waals surface area contributed by atoms with Crippen LogP contribution in [0.3, 0.4) is 0 Å². The van der Waals surface area contributed by atoms with E-state index < -0.39 is 6.03 Å². The molecule has 3 amide bonds. The van der Waals surface area contributed by atoms with Crippen molar-refractivity contribution in [3.63, 3.8) is 0 Å². The number of nitrogens with zero attached hydrogens (tertiary/aromatic N) is 3. The van der Waals surface area contributed by atoms with Gasteiger partial charge in [0.25, 0.3) is 0 Å². The summed E-state index contributed by atoms with van der Waals surface area (Å²) in [6.45, 7) is 1.46. The SMILES string of the molecule is NCCn1ccc(N2CCC(=O)NC2=O)n1. The Labute approximate surface area is 92.2 Å². The van der Waals surface area contributed by atoms with Crippen molar-refractivity contribution in [2.45, 2.75) is 13.0 Å². The van der Waals surface area contributed by atoms with Crippen molar-refractivity contribution in [2.75, 3.05) is 18.0 Å². The minimum atomic E-state index is -0.422. The largest absolute Gasteiger partial charge is 0.329 e. The first kappa shape index (κ1) is 10.6. The Kier molecular flexibility index (Phi) is 2.86. The van der Waals surface area contributed by atoms with Crippen molar-refractivity contribution >= 4 is 17.8 Å². The van der Waals surface area contributed by atoms with Crippen molar-refractivity contribution in [3.8, 4) is 0 Å². The molecule has 16 heavy (non-hydrogen) atoms. The summed E-state index contributed by atoms with van der Waals surface area (Å²) in [5.74, 6) is 0.293. The maximum Gasteiger partial charge on any atom is 0.329 e. The third-order valence-electron chi connectivity index (χ3n) is 2.32. The van der Waals surface area contributed by atoms with Crippen LogP contribution >= 0.6 is 0 Å². The van der Waals surface area contributed by atoms with Gasteiger partial charge in [0.2, 0.25) is 5.91 Å². The fourth-order valence-electron chi connectivity index (χ4n) is 1.53. The van der Waals surface area contributed by atoms with E-state index in [4.69, 9.17) is 5.73 Å². The molecule has 1 aliphatic rings. The van der Waals surface area contributed by atoms with Crippen LogP contribution in [0.2, 0.25) is 0 Å². The van der Waals surface area contributed by atoms with E-state index in [1.165, 1.54) is 4.90 Å². The van der Waals surface area contributed by atoms with Gasteiger partial charge in [0.1, 0.15) is 0 Å². The number of urea groups is 1. The van der Waals surface area contributed by atoms with E-state index in [0.29, 0.717) is 31.9 Å². The number of imide groups is 1. The van der Waals surface area contributed by atoms with E-state index in [1.54, 1.807) is 16.9 Å². The highest BCUT2D eigenvalue weighted by Gasteiger charge is 2.25. The molecule has 7 heteroatoms. The predicted molar refractivity (Wildman–Crippen MR) is 56.8 cm³/mol. The number of amides is 3. The van der Waals surface area contributed by atoms with Crippen LogP contribution in [0.4, 0.5) is 10.6 Å². The summed E-state index contributed by atoms with van der Waals surface area (Å²) < 4.78 is 1.67. The molecule has 1 aromatic rings. The number of nitrogens with one attached hydrogen (secondary N) is 1. The van der Waals surface area contributed by atoms with Crippen molar-refractivity contribution in [1.29, 1.82) is 0 Å². The van der Waals surface area contributed by atoms with Crippen molar-refractivity contribution in [3.05, 3.63) is 12.3 Å². The van der Waals surface area contributed by atoms with Crippen LogP contribution < -0.4 is 16.0 Å². The molecule has 2 rings (SSSR count). The van der Waals surface area contributed by atoms with Gasteiger partial charge in [-0.15, -0.1) is 0 Å². The number of nitrogens with two attached hydrogens (primary N) is 1. The lowest BCUT2D eigenvalue weighted by Crippen LogP contribution is -2.49. The third-order valence-corrected chi connectivity index (χ3v) is 2.32. The second-order valence-corrected chi connectivity index (χ2v) is 3.48. The van der Waals surface area contributed by atoms with Gasteiger partial charge in [-0.25, -0.2) is 4.79 Å². The Morgan fingerprint density at radius 3 is 3.00 bits per heavy atom. The summed E-state index contributed by atoms with van der Waals surface area (Å²) in [6.07, 6.45) is 2.06. The summed E-state index contributed by atoms with van der Waals surface area (Å²) in [6, 6.07) is 1.31. The Morgan fingerprint density at radius 1 is 1.50 bits per heavy atom. The van der Waals surface area contributed by atoms with Gasteiger partial charge in [0.15, 0.2) is 5.82 Å². The zero-order chi connectivity index (χ0) is 11.5. The summed E-state index contributed by atoms with van der Waals surface area (Å²) in [4.78, 5) is 23.9. The minimum absolute atomic E-state index is 0.248. The van der Waals surface area contributed by atoms with E-state index in [-0.39, 0.29) is 5.91 Å². The highest BCUT2D eigenvalue weighted by atomic mass is 16.2. The normalized spacial score (nSPS) is 16.4. The lowest BCUT2D eigenvalue weighted by Gasteiger charge is -2.24. The second kappa shape index (κ2) is 4.31. The van der Waals surface area contributed by atoms with Gasteiger partial charge in [-0.2, -0.15) is 5.10 Å².